The molecule has 2 N–H and O–H groups in total. The maximum atomic E-state index is 13.7. The van der Waals surface area contributed by atoms with Gasteiger partial charge >= 0.3 is 0 Å². The first-order valence-corrected chi connectivity index (χ1v) is 18.6. The highest BCUT2D eigenvalue weighted by atomic mass is 35.5. The van der Waals surface area contributed by atoms with Gasteiger partial charge in [-0.2, -0.15) is 10.5 Å². The first-order valence-electron chi connectivity index (χ1n) is 14.2. The van der Waals surface area contributed by atoms with E-state index in [1.54, 1.807) is 0 Å². The summed E-state index contributed by atoms with van der Waals surface area (Å²) in [5.41, 5.74) is 5.12. The van der Waals surface area contributed by atoms with Crippen LogP contribution in [0.3, 0.4) is 0 Å². The van der Waals surface area contributed by atoms with E-state index in [4.69, 9.17) is 23.2 Å². The van der Waals surface area contributed by atoms with Crippen LogP contribution in [-0.2, 0) is 4.79 Å². The van der Waals surface area contributed by atoms with Gasteiger partial charge in [-0.3, -0.25) is 15.2 Å². The highest BCUT2D eigenvalue weighted by molar-refractivity contribution is 6.76. The molecule has 3 aromatic carbocycles. The van der Waals surface area contributed by atoms with E-state index in [1.165, 1.54) is 5.01 Å². The van der Waals surface area contributed by atoms with Crippen LogP contribution >= 0.6 is 23.2 Å². The summed E-state index contributed by atoms with van der Waals surface area (Å²) in [4.78, 5) is 13.7. The largest absolute Gasteiger partial charge is 0.383 e. The molecule has 1 amide bonds. The fourth-order valence-corrected chi connectivity index (χ4v) is 6.58. The van der Waals surface area contributed by atoms with Gasteiger partial charge < -0.3 is 5.32 Å². The molecule has 0 aliphatic rings. The number of rotatable bonds is 13. The number of carbonyl (C=O) groups is 1. The number of carbonyl (C=O) groups excluding carboxylic acids is 1. The van der Waals surface area contributed by atoms with Crippen molar-refractivity contribution in [3.63, 3.8) is 0 Å². The van der Waals surface area contributed by atoms with Crippen LogP contribution in [0.4, 0.5) is 11.4 Å². The molecule has 0 radical (unpaired) electrons. The molecule has 41 heavy (non-hydrogen) atoms. The van der Waals surface area contributed by atoms with Gasteiger partial charge in [-0.15, -0.1) is 0 Å². The SMILES string of the molecule is CCCCN(Nc1c(Cl)c(Cl)c(C#N)c(NCCC[Si](C)(C)C)c1C#N)C(=O)C[C@@H](C)c1cccc2ccccc12. The summed E-state index contributed by atoms with van der Waals surface area (Å²) in [6, 6.07) is 19.7. The van der Waals surface area contributed by atoms with Gasteiger partial charge in [0.05, 0.1) is 27.0 Å². The number of hydrazine groups is 1. The van der Waals surface area contributed by atoms with E-state index >= 15 is 0 Å². The standard InChI is InChI=1S/C32H39Cl2N5OSi/c1-6-7-17-39(28(40)19-22(2)24-15-10-13-23-12-8-9-14-25(23)24)38-32-27(21-36)31(26(20-35)29(33)30(32)34)37-16-11-18-41(3,4)5/h8-10,12-15,22,37-38H,6-7,11,16-19H2,1-5H3/t22-/m1/s1. The maximum absolute atomic E-state index is 13.7. The van der Waals surface area contributed by atoms with Gasteiger partial charge in [0, 0.05) is 27.6 Å². The van der Waals surface area contributed by atoms with E-state index in [2.05, 4.69) is 73.7 Å². The molecule has 0 aliphatic heterocycles. The summed E-state index contributed by atoms with van der Waals surface area (Å²) in [6.07, 6.45) is 2.80. The topological polar surface area (TPSA) is 91.9 Å². The summed E-state index contributed by atoms with van der Waals surface area (Å²) in [6.45, 7) is 12.0. The van der Waals surface area contributed by atoms with Crippen molar-refractivity contribution in [1.29, 1.82) is 10.5 Å². The molecule has 0 unspecified atom stereocenters. The first kappa shape index (κ1) is 32.3. The zero-order valence-electron chi connectivity index (χ0n) is 24.6. The van der Waals surface area contributed by atoms with Crippen LogP contribution in [-0.4, -0.2) is 32.1 Å². The van der Waals surface area contributed by atoms with E-state index in [0.29, 0.717) is 18.8 Å². The van der Waals surface area contributed by atoms with Crippen molar-refractivity contribution in [3.05, 3.63) is 69.2 Å². The van der Waals surface area contributed by atoms with Crippen LogP contribution in [0.25, 0.3) is 10.8 Å². The number of nitrogens with one attached hydrogen (secondary N) is 2. The number of unbranched alkanes of at least 4 members (excludes halogenated alkanes) is 1. The number of nitrogens with zero attached hydrogens (tertiary/aromatic N) is 3. The Kier molecular flexibility index (Phi) is 11.5. The number of halogens is 2. The summed E-state index contributed by atoms with van der Waals surface area (Å²) < 4.78 is 0. The van der Waals surface area contributed by atoms with Crippen molar-refractivity contribution in [2.24, 2.45) is 0 Å². The van der Waals surface area contributed by atoms with E-state index in [1.807, 2.05) is 25.1 Å². The van der Waals surface area contributed by atoms with Crippen LogP contribution < -0.4 is 10.7 Å². The van der Waals surface area contributed by atoms with Crippen LogP contribution in [0.2, 0.25) is 35.7 Å². The Labute approximate surface area is 255 Å². The van der Waals surface area contributed by atoms with E-state index in [0.717, 1.165) is 41.6 Å². The molecule has 0 aromatic heterocycles. The lowest BCUT2D eigenvalue weighted by molar-refractivity contribution is -0.130. The summed E-state index contributed by atoms with van der Waals surface area (Å²) in [5, 5.41) is 27.2. The van der Waals surface area contributed by atoms with Crippen molar-refractivity contribution >= 4 is 59.3 Å². The Morgan fingerprint density at radius 1 is 0.976 bits per heavy atom. The lowest BCUT2D eigenvalue weighted by Crippen LogP contribution is -2.38. The predicted molar refractivity (Wildman–Crippen MR) is 174 cm³/mol. The summed E-state index contributed by atoms with van der Waals surface area (Å²) in [7, 11) is -1.24. The zero-order chi connectivity index (χ0) is 30.2. The van der Waals surface area contributed by atoms with E-state index in [9.17, 15) is 15.3 Å². The van der Waals surface area contributed by atoms with Crippen LogP contribution in [0.15, 0.2) is 42.5 Å². The first-order chi connectivity index (χ1) is 19.5. The molecule has 3 rings (SSSR count). The number of amides is 1. The molecule has 0 bridgehead atoms. The third-order valence-corrected chi connectivity index (χ3v) is 9.84. The maximum Gasteiger partial charge on any atom is 0.241 e. The number of hydrogen-bond acceptors (Lipinski definition) is 5. The average Bonchev–Trinajstić information content (AvgIpc) is 2.94. The summed E-state index contributed by atoms with van der Waals surface area (Å²) >= 11 is 13.2. The molecule has 0 saturated carbocycles. The quantitative estimate of drug-likeness (QED) is 0.115. The molecule has 6 nitrogen and oxygen atoms in total. The van der Waals surface area contributed by atoms with Crippen LogP contribution in [0.1, 0.15) is 62.1 Å². The summed E-state index contributed by atoms with van der Waals surface area (Å²) in [5.74, 6) is -0.164. The minimum absolute atomic E-state index is 0.0430. The van der Waals surface area contributed by atoms with Gasteiger partial charge in [0.25, 0.3) is 0 Å². The molecule has 216 valence electrons. The van der Waals surface area contributed by atoms with Crippen LogP contribution in [0.5, 0.6) is 0 Å². The lowest BCUT2D eigenvalue weighted by Gasteiger charge is -2.28. The average molecular weight is 609 g/mol. The van der Waals surface area contributed by atoms with Gasteiger partial charge in [0.15, 0.2) is 0 Å². The third-order valence-electron chi connectivity index (χ3n) is 7.13. The fourth-order valence-electron chi connectivity index (χ4n) is 4.88. The Morgan fingerprint density at radius 2 is 1.66 bits per heavy atom. The molecule has 1 atom stereocenters. The zero-order valence-corrected chi connectivity index (χ0v) is 27.1. The monoisotopic (exact) mass is 607 g/mol. The van der Waals surface area contributed by atoms with Gasteiger partial charge in [0.2, 0.25) is 5.91 Å². The van der Waals surface area contributed by atoms with Crippen molar-refractivity contribution in [2.75, 3.05) is 23.8 Å². The highest BCUT2D eigenvalue weighted by Crippen LogP contribution is 2.42. The van der Waals surface area contributed by atoms with E-state index in [-0.39, 0.29) is 45.1 Å². The number of anilines is 2. The Hall–Kier alpha value is -3.23. The molecule has 0 saturated heterocycles. The Morgan fingerprint density at radius 3 is 2.32 bits per heavy atom. The molecule has 3 aromatic rings. The number of benzene rings is 3. The second-order valence-corrected chi connectivity index (χ2v) is 18.0. The molecule has 0 spiro atoms. The van der Waals surface area contributed by atoms with E-state index < -0.39 is 8.07 Å². The van der Waals surface area contributed by atoms with Gasteiger partial charge in [-0.05, 0) is 35.1 Å². The second-order valence-electron chi connectivity index (χ2n) is 11.6. The third kappa shape index (κ3) is 8.17. The highest BCUT2D eigenvalue weighted by Gasteiger charge is 2.26. The molecular formula is C32H39Cl2N5OSi. The number of fused-ring (bicyclic) bond motifs is 1. The molecule has 9 heteroatoms. The number of hydrogen-bond donors (Lipinski definition) is 2. The second kappa shape index (κ2) is 14.6. The normalized spacial score (nSPS) is 11.9. The van der Waals surface area contributed by atoms with Crippen molar-refractivity contribution < 1.29 is 4.79 Å². The molecule has 0 fully saturated rings. The fraction of sp³-hybridized carbons (Fsp3) is 0.406. The van der Waals surface area contributed by atoms with Crippen molar-refractivity contribution in [1.82, 2.24) is 5.01 Å². The molecule has 0 aliphatic carbocycles. The van der Waals surface area contributed by atoms with Crippen molar-refractivity contribution in [3.8, 4) is 12.1 Å². The van der Waals surface area contributed by atoms with Gasteiger partial charge in [-0.1, -0.05) is 112 Å². The predicted octanol–water partition coefficient (Wildman–Crippen LogP) is 9.18. The molecule has 0 heterocycles. The molecular weight excluding hydrogens is 569 g/mol. The Balaban J connectivity index is 1.93. The van der Waals surface area contributed by atoms with Gasteiger partial charge in [-0.25, -0.2) is 0 Å². The minimum atomic E-state index is -1.24. The minimum Gasteiger partial charge on any atom is -0.383 e. The van der Waals surface area contributed by atoms with Gasteiger partial charge in [0.1, 0.15) is 17.7 Å². The van der Waals surface area contributed by atoms with Crippen molar-refractivity contribution in [2.45, 2.75) is 71.1 Å². The van der Waals surface area contributed by atoms with Crippen LogP contribution in [0, 0.1) is 22.7 Å². The lowest BCUT2D eigenvalue weighted by atomic mass is 9.92. The Bertz CT molecular complexity index is 1470. The smallest absolute Gasteiger partial charge is 0.241 e. The number of nitriles is 2.